The number of hydrogen-bond donors (Lipinski definition) is 1. The second kappa shape index (κ2) is 5.51. The molecule has 0 aliphatic carbocycles. The van der Waals surface area contributed by atoms with Gasteiger partial charge in [0.05, 0.1) is 0 Å². The summed E-state index contributed by atoms with van der Waals surface area (Å²) < 4.78 is 39.6. The molecule has 4 nitrogen and oxygen atoms in total. The molecule has 0 unspecified atom stereocenters. The van der Waals surface area contributed by atoms with Gasteiger partial charge in [0.25, 0.3) is 0 Å². The summed E-state index contributed by atoms with van der Waals surface area (Å²) in [6.07, 6.45) is 0. The Morgan fingerprint density at radius 2 is 2.05 bits per heavy atom. The van der Waals surface area contributed by atoms with Crippen LogP contribution in [0.4, 0.5) is 10.1 Å². The molecule has 108 valence electrons. The second-order valence-electron chi connectivity index (χ2n) is 4.48. The Hall–Kier alpha value is -1.44. The maximum absolute atomic E-state index is 13.8. The molecule has 2 aromatic rings. The summed E-state index contributed by atoms with van der Waals surface area (Å²) in [5.74, 6) is -0.834. The summed E-state index contributed by atoms with van der Waals surface area (Å²) in [5, 5.41) is 1.90. The summed E-state index contributed by atoms with van der Waals surface area (Å²) in [4.78, 5) is 0.579. The molecule has 2 rings (SSSR count). The Bertz CT molecular complexity index is 726. The van der Waals surface area contributed by atoms with E-state index >= 15 is 0 Å². The number of nitrogens with two attached hydrogens (primary N) is 1. The lowest BCUT2D eigenvalue weighted by Gasteiger charge is -2.17. The van der Waals surface area contributed by atoms with Crippen LogP contribution in [-0.2, 0) is 16.6 Å². The zero-order valence-electron chi connectivity index (χ0n) is 11.1. The van der Waals surface area contributed by atoms with E-state index in [0.717, 1.165) is 20.8 Å². The number of halogens is 1. The minimum absolute atomic E-state index is 0.193. The number of aryl methyl sites for hydroxylation is 1. The fourth-order valence-corrected chi connectivity index (χ4v) is 3.97. The summed E-state index contributed by atoms with van der Waals surface area (Å²) in [7, 11) is -2.44. The van der Waals surface area contributed by atoms with Crippen molar-refractivity contribution in [2.75, 3.05) is 12.8 Å². The van der Waals surface area contributed by atoms with Crippen molar-refractivity contribution in [1.82, 2.24) is 4.31 Å². The Kier molecular flexibility index (Phi) is 4.12. The number of thiophene rings is 1. The summed E-state index contributed by atoms with van der Waals surface area (Å²) in [6.45, 7) is 2.13. The molecule has 0 amide bonds. The lowest BCUT2D eigenvalue weighted by atomic mass is 10.3. The van der Waals surface area contributed by atoms with Crippen molar-refractivity contribution in [2.24, 2.45) is 0 Å². The first-order chi connectivity index (χ1) is 9.32. The predicted octanol–water partition coefficient (Wildman–Crippen LogP) is 2.60. The van der Waals surface area contributed by atoms with Crippen molar-refractivity contribution < 1.29 is 12.8 Å². The van der Waals surface area contributed by atoms with E-state index in [1.807, 2.05) is 18.4 Å². The number of nitrogen functional groups attached to an aromatic ring is 1. The molecule has 0 fully saturated rings. The van der Waals surface area contributed by atoms with E-state index in [-0.39, 0.29) is 17.1 Å². The SMILES string of the molecule is Cc1ccsc1CN(C)S(=O)(=O)c1ccc(N)cc1F. The number of hydrogen-bond acceptors (Lipinski definition) is 4. The largest absolute Gasteiger partial charge is 0.399 e. The van der Waals surface area contributed by atoms with Gasteiger partial charge in [-0.25, -0.2) is 12.8 Å². The Labute approximate surface area is 121 Å². The van der Waals surface area contributed by atoms with Crippen LogP contribution in [0.2, 0.25) is 0 Å². The maximum atomic E-state index is 13.8. The number of rotatable bonds is 4. The van der Waals surface area contributed by atoms with Gasteiger partial charge >= 0.3 is 0 Å². The third-order valence-corrected chi connectivity index (χ3v) is 5.82. The molecule has 1 heterocycles. The van der Waals surface area contributed by atoms with Gasteiger partial charge in [-0.2, -0.15) is 4.31 Å². The van der Waals surface area contributed by atoms with Crippen molar-refractivity contribution in [3.63, 3.8) is 0 Å². The fourth-order valence-electron chi connectivity index (χ4n) is 1.75. The van der Waals surface area contributed by atoms with Crippen LogP contribution in [0.25, 0.3) is 0 Å². The molecule has 0 aliphatic rings. The third kappa shape index (κ3) is 2.84. The average Bonchev–Trinajstić information content (AvgIpc) is 2.74. The Balaban J connectivity index is 2.32. The molecule has 0 saturated heterocycles. The highest BCUT2D eigenvalue weighted by molar-refractivity contribution is 7.89. The molecule has 7 heteroatoms. The zero-order chi connectivity index (χ0) is 14.9. The standard InChI is InChI=1S/C13H15FN2O2S2/c1-9-5-6-19-12(9)8-16(2)20(17,18)13-4-3-10(15)7-11(13)14/h3-7H,8,15H2,1-2H3. The average molecular weight is 314 g/mol. The quantitative estimate of drug-likeness (QED) is 0.882. The lowest BCUT2D eigenvalue weighted by molar-refractivity contribution is 0.462. The van der Waals surface area contributed by atoms with Gasteiger partial charge < -0.3 is 5.73 Å². The molecule has 1 aromatic heterocycles. The molecule has 0 atom stereocenters. The monoisotopic (exact) mass is 314 g/mol. The van der Waals surface area contributed by atoms with E-state index in [2.05, 4.69) is 0 Å². The smallest absolute Gasteiger partial charge is 0.246 e. The molecular weight excluding hydrogens is 299 g/mol. The van der Waals surface area contributed by atoms with Gasteiger partial charge in [-0.3, -0.25) is 0 Å². The van der Waals surface area contributed by atoms with E-state index in [1.165, 1.54) is 30.5 Å². The molecular formula is C13H15FN2O2S2. The van der Waals surface area contributed by atoms with Gasteiger partial charge in [-0.15, -0.1) is 11.3 Å². The third-order valence-electron chi connectivity index (χ3n) is 2.98. The maximum Gasteiger partial charge on any atom is 0.246 e. The zero-order valence-corrected chi connectivity index (χ0v) is 12.8. The van der Waals surface area contributed by atoms with E-state index < -0.39 is 15.8 Å². The van der Waals surface area contributed by atoms with Crippen LogP contribution in [0.5, 0.6) is 0 Å². The molecule has 1 aromatic carbocycles. The molecule has 0 spiro atoms. The van der Waals surface area contributed by atoms with E-state index in [0.29, 0.717) is 0 Å². The van der Waals surface area contributed by atoms with Crippen LogP contribution in [0.3, 0.4) is 0 Å². The predicted molar refractivity (Wildman–Crippen MR) is 78.5 cm³/mol. The summed E-state index contributed by atoms with van der Waals surface area (Å²) in [6, 6.07) is 5.50. The molecule has 2 N–H and O–H groups in total. The first-order valence-electron chi connectivity index (χ1n) is 5.86. The van der Waals surface area contributed by atoms with Gasteiger partial charge in [0.15, 0.2) is 0 Å². The fraction of sp³-hybridized carbons (Fsp3) is 0.231. The van der Waals surface area contributed by atoms with E-state index in [9.17, 15) is 12.8 Å². The molecule has 0 saturated carbocycles. The van der Waals surface area contributed by atoms with Crippen LogP contribution in [0, 0.1) is 12.7 Å². The normalized spacial score (nSPS) is 12.0. The van der Waals surface area contributed by atoms with Gasteiger partial charge in [-0.1, -0.05) is 0 Å². The topological polar surface area (TPSA) is 63.4 Å². The first kappa shape index (κ1) is 15.0. The summed E-state index contributed by atoms with van der Waals surface area (Å²) in [5.41, 5.74) is 6.65. The van der Waals surface area contributed by atoms with Crippen LogP contribution in [-0.4, -0.2) is 19.8 Å². The van der Waals surface area contributed by atoms with Crippen LogP contribution < -0.4 is 5.73 Å². The number of benzene rings is 1. The van der Waals surface area contributed by atoms with E-state index in [4.69, 9.17) is 5.73 Å². The first-order valence-corrected chi connectivity index (χ1v) is 8.18. The van der Waals surface area contributed by atoms with Crippen molar-refractivity contribution in [3.8, 4) is 0 Å². The van der Waals surface area contributed by atoms with Crippen LogP contribution >= 0.6 is 11.3 Å². The van der Waals surface area contributed by atoms with E-state index in [1.54, 1.807) is 0 Å². The van der Waals surface area contributed by atoms with Gasteiger partial charge in [0.1, 0.15) is 10.7 Å². The highest BCUT2D eigenvalue weighted by Crippen LogP contribution is 2.24. The Morgan fingerprint density at radius 3 is 2.60 bits per heavy atom. The van der Waals surface area contributed by atoms with Crippen molar-refractivity contribution in [1.29, 1.82) is 0 Å². The second-order valence-corrected chi connectivity index (χ2v) is 7.49. The van der Waals surface area contributed by atoms with Crippen molar-refractivity contribution in [2.45, 2.75) is 18.4 Å². The van der Waals surface area contributed by atoms with Crippen LogP contribution in [0.1, 0.15) is 10.4 Å². The number of anilines is 1. The highest BCUT2D eigenvalue weighted by Gasteiger charge is 2.25. The minimum atomic E-state index is -3.87. The van der Waals surface area contributed by atoms with Gasteiger partial charge in [0, 0.05) is 24.2 Å². The molecule has 20 heavy (non-hydrogen) atoms. The number of nitrogens with zero attached hydrogens (tertiary/aromatic N) is 1. The van der Waals surface area contributed by atoms with Crippen LogP contribution in [0.15, 0.2) is 34.5 Å². The Morgan fingerprint density at radius 1 is 1.35 bits per heavy atom. The molecule has 0 bridgehead atoms. The highest BCUT2D eigenvalue weighted by atomic mass is 32.2. The minimum Gasteiger partial charge on any atom is -0.399 e. The van der Waals surface area contributed by atoms with Crippen molar-refractivity contribution in [3.05, 3.63) is 45.9 Å². The van der Waals surface area contributed by atoms with Gasteiger partial charge in [-0.05, 0) is 42.1 Å². The summed E-state index contributed by atoms with van der Waals surface area (Å²) >= 11 is 1.48. The molecule has 0 aliphatic heterocycles. The number of sulfonamides is 1. The van der Waals surface area contributed by atoms with Crippen molar-refractivity contribution >= 4 is 27.0 Å². The van der Waals surface area contributed by atoms with Gasteiger partial charge in [0.2, 0.25) is 10.0 Å². The molecule has 0 radical (unpaired) electrons. The lowest BCUT2D eigenvalue weighted by Crippen LogP contribution is -2.27.